The van der Waals surface area contributed by atoms with Gasteiger partial charge in [0.1, 0.15) is 28.5 Å². The van der Waals surface area contributed by atoms with Crippen LogP contribution in [-0.2, 0) is 25.7 Å². The summed E-state index contributed by atoms with van der Waals surface area (Å²) in [6.07, 6.45) is 3.83. The van der Waals surface area contributed by atoms with Crippen molar-refractivity contribution >= 4 is 51.3 Å². The normalized spacial score (nSPS) is 11.8. The molecule has 4 rings (SSSR count). The van der Waals surface area contributed by atoms with E-state index in [0.717, 1.165) is 23.5 Å². The van der Waals surface area contributed by atoms with Crippen LogP contribution >= 0.6 is 31.2 Å². The molecule has 0 spiro atoms. The molecule has 4 aromatic rings. The Labute approximate surface area is 221 Å². The number of nitriles is 1. The zero-order valence-corrected chi connectivity index (χ0v) is 22.1. The number of rotatable bonds is 11. The van der Waals surface area contributed by atoms with Gasteiger partial charge < -0.3 is 4.74 Å². The van der Waals surface area contributed by atoms with E-state index in [1.165, 1.54) is 12.1 Å². The lowest BCUT2D eigenvalue weighted by molar-refractivity contribution is -0.697. The zero-order valence-electron chi connectivity index (χ0n) is 18.8. The highest BCUT2D eigenvalue weighted by atomic mass is 35.5. The molecule has 1 atom stereocenters. The van der Waals surface area contributed by atoms with Crippen molar-refractivity contribution in [1.29, 1.82) is 5.26 Å². The summed E-state index contributed by atoms with van der Waals surface area (Å²) in [4.78, 5) is 0. The number of benzene rings is 2. The molecule has 0 saturated carbocycles. The standard InChI is InChI=1S/C23H18ClFN3O6PS2/c24-23-18-13-22(36-21(18)7-6-20(23)32-11-10-28-8-2-1-3-9-28)37(30,31)27-15-33-35(29)34-17-5-4-16(14-26)19(25)12-17/h1-9,12-13,27H,10-11,15H2/q+2. The number of hydrogen-bond donors (Lipinski definition) is 1. The number of sulfonamides is 1. The Hall–Kier alpha value is -3.17. The minimum atomic E-state index is -4.03. The second kappa shape index (κ2) is 11.9. The van der Waals surface area contributed by atoms with Crippen LogP contribution in [0.3, 0.4) is 0 Å². The lowest BCUT2D eigenvalue weighted by Crippen LogP contribution is -2.35. The lowest BCUT2D eigenvalue weighted by atomic mass is 10.2. The van der Waals surface area contributed by atoms with Crippen molar-refractivity contribution in [2.75, 3.05) is 13.3 Å². The Bertz CT molecular complexity index is 1600. The van der Waals surface area contributed by atoms with Gasteiger partial charge in [-0.2, -0.15) is 9.98 Å². The first kappa shape index (κ1) is 26.9. The van der Waals surface area contributed by atoms with Crippen molar-refractivity contribution in [1.82, 2.24) is 4.72 Å². The number of aromatic nitrogens is 1. The lowest BCUT2D eigenvalue weighted by Gasteiger charge is -2.07. The van der Waals surface area contributed by atoms with Crippen LogP contribution in [0.25, 0.3) is 10.1 Å². The average molecular weight is 582 g/mol. The highest BCUT2D eigenvalue weighted by molar-refractivity contribution is 7.91. The summed E-state index contributed by atoms with van der Waals surface area (Å²) in [5.41, 5.74) is -0.204. The van der Waals surface area contributed by atoms with E-state index in [-0.39, 0.29) is 20.5 Å². The fourth-order valence-electron chi connectivity index (χ4n) is 3.11. The van der Waals surface area contributed by atoms with E-state index in [1.54, 1.807) is 18.2 Å². The van der Waals surface area contributed by atoms with Crippen LogP contribution in [0.2, 0.25) is 5.02 Å². The van der Waals surface area contributed by atoms with Gasteiger partial charge in [-0.05, 0) is 30.3 Å². The fourth-order valence-corrected chi connectivity index (χ4v) is 6.35. The maximum Gasteiger partial charge on any atom is 0.751 e. The van der Waals surface area contributed by atoms with E-state index in [4.69, 9.17) is 30.6 Å². The predicted molar refractivity (Wildman–Crippen MR) is 135 cm³/mol. The van der Waals surface area contributed by atoms with Gasteiger partial charge in [0.2, 0.25) is 0 Å². The van der Waals surface area contributed by atoms with Crippen LogP contribution in [0.15, 0.2) is 71.2 Å². The maximum absolute atomic E-state index is 13.6. The van der Waals surface area contributed by atoms with Crippen molar-refractivity contribution < 1.29 is 35.7 Å². The molecule has 0 bridgehead atoms. The maximum atomic E-state index is 13.6. The summed E-state index contributed by atoms with van der Waals surface area (Å²) in [7, 11) is -6.85. The number of fused-ring (bicyclic) bond motifs is 1. The first-order chi connectivity index (χ1) is 17.8. The first-order valence-corrected chi connectivity index (χ1v) is 14.3. The molecule has 0 aliphatic carbocycles. The van der Waals surface area contributed by atoms with Gasteiger partial charge in [-0.25, -0.2) is 21.9 Å². The Kier molecular flexibility index (Phi) is 8.66. The first-order valence-electron chi connectivity index (χ1n) is 10.5. The van der Waals surface area contributed by atoms with Gasteiger partial charge in [0.25, 0.3) is 10.0 Å². The highest BCUT2D eigenvalue weighted by Crippen LogP contribution is 2.39. The molecule has 2 aromatic carbocycles. The predicted octanol–water partition coefficient (Wildman–Crippen LogP) is 4.92. The average Bonchev–Trinajstić information content (AvgIpc) is 3.33. The van der Waals surface area contributed by atoms with Crippen LogP contribution in [0.4, 0.5) is 4.39 Å². The van der Waals surface area contributed by atoms with Crippen LogP contribution in [-0.4, -0.2) is 21.8 Å². The van der Waals surface area contributed by atoms with Crippen LogP contribution in [0.1, 0.15) is 5.56 Å². The molecule has 37 heavy (non-hydrogen) atoms. The van der Waals surface area contributed by atoms with E-state index >= 15 is 0 Å². The minimum Gasteiger partial charge on any atom is -0.485 e. The Morgan fingerprint density at radius 2 is 1.95 bits per heavy atom. The van der Waals surface area contributed by atoms with Crippen molar-refractivity contribution in [3.05, 3.63) is 83.4 Å². The zero-order chi connectivity index (χ0) is 26.4. The molecule has 9 nitrogen and oxygen atoms in total. The molecule has 0 radical (unpaired) electrons. The van der Waals surface area contributed by atoms with Crippen molar-refractivity contribution in [2.24, 2.45) is 0 Å². The third kappa shape index (κ3) is 6.78. The van der Waals surface area contributed by atoms with Crippen LogP contribution < -0.4 is 18.5 Å². The number of nitrogens with one attached hydrogen (secondary N) is 1. The van der Waals surface area contributed by atoms with Crippen molar-refractivity contribution in [2.45, 2.75) is 10.8 Å². The summed E-state index contributed by atoms with van der Waals surface area (Å²) in [6.45, 7) is 0.307. The molecule has 2 heterocycles. The molecule has 0 fully saturated rings. The number of thiophene rings is 1. The third-order valence-corrected chi connectivity index (χ3v) is 8.92. The highest BCUT2D eigenvalue weighted by Gasteiger charge is 2.26. The SMILES string of the molecule is N#Cc1ccc(O[P+](=O)OCNS(=O)(=O)c2cc3c(Cl)c(OCC[n+]4ccccc4)ccc3s2)cc1F. The summed E-state index contributed by atoms with van der Waals surface area (Å²) in [5.74, 6) is -0.562. The molecule has 0 aliphatic heterocycles. The van der Waals surface area contributed by atoms with Crippen molar-refractivity contribution in [3.8, 4) is 17.6 Å². The van der Waals surface area contributed by atoms with Crippen LogP contribution in [0.5, 0.6) is 11.5 Å². The molecular formula is C23H18ClFN3O6PS2+2. The second-order valence-electron chi connectivity index (χ2n) is 7.31. The Morgan fingerprint density at radius 1 is 1.16 bits per heavy atom. The summed E-state index contributed by atoms with van der Waals surface area (Å²) >= 11 is 7.47. The van der Waals surface area contributed by atoms with Gasteiger partial charge >= 0.3 is 8.25 Å². The van der Waals surface area contributed by atoms with E-state index in [9.17, 15) is 17.4 Å². The van der Waals surface area contributed by atoms with E-state index in [0.29, 0.717) is 29.0 Å². The summed E-state index contributed by atoms with van der Waals surface area (Å²) < 4.78 is 71.3. The fraction of sp³-hybridized carbons (Fsp3) is 0.130. The van der Waals surface area contributed by atoms with E-state index in [1.807, 2.05) is 35.2 Å². The smallest absolute Gasteiger partial charge is 0.485 e. The molecule has 14 heteroatoms. The van der Waals surface area contributed by atoms with E-state index < -0.39 is 30.8 Å². The summed E-state index contributed by atoms with van der Waals surface area (Å²) in [5, 5.41) is 9.53. The largest absolute Gasteiger partial charge is 0.751 e. The molecule has 2 aromatic heterocycles. The molecule has 0 saturated heterocycles. The summed E-state index contributed by atoms with van der Waals surface area (Å²) in [6, 6.07) is 15.5. The van der Waals surface area contributed by atoms with Crippen molar-refractivity contribution in [3.63, 3.8) is 0 Å². The number of nitrogens with zero attached hydrogens (tertiary/aromatic N) is 2. The number of ether oxygens (including phenoxy) is 1. The van der Waals surface area contributed by atoms with E-state index in [2.05, 4.69) is 4.72 Å². The number of pyridine rings is 1. The van der Waals surface area contributed by atoms with Gasteiger partial charge in [0.05, 0.1) is 10.6 Å². The molecule has 0 aliphatic rings. The Morgan fingerprint density at radius 3 is 2.68 bits per heavy atom. The van der Waals surface area contributed by atoms with Gasteiger partial charge in [-0.15, -0.1) is 11.3 Å². The molecule has 1 unspecified atom stereocenters. The van der Waals surface area contributed by atoms with Gasteiger partial charge in [0, 0.05) is 32.9 Å². The topological polar surface area (TPSA) is 119 Å². The minimum absolute atomic E-state index is 0.0321. The van der Waals surface area contributed by atoms with Crippen LogP contribution in [0, 0.1) is 17.1 Å². The van der Waals surface area contributed by atoms with Gasteiger partial charge in [0.15, 0.2) is 31.4 Å². The molecule has 0 amide bonds. The second-order valence-corrected chi connectivity index (χ2v) is 11.6. The number of hydrogen-bond acceptors (Lipinski definition) is 8. The van der Waals surface area contributed by atoms with Gasteiger partial charge in [-0.3, -0.25) is 0 Å². The molecule has 190 valence electrons. The third-order valence-electron chi connectivity index (χ3n) is 4.89. The Balaban J connectivity index is 1.35. The quantitative estimate of drug-likeness (QED) is 0.152. The monoisotopic (exact) mass is 581 g/mol. The molecule has 1 N–H and O–H groups in total. The molecular weight excluding hydrogens is 564 g/mol. The number of halogens is 2. The van der Waals surface area contributed by atoms with Gasteiger partial charge in [-0.1, -0.05) is 22.2 Å².